The highest BCUT2D eigenvalue weighted by Crippen LogP contribution is 2.42. The van der Waals surface area contributed by atoms with Gasteiger partial charge in [0.05, 0.1) is 0 Å². The van der Waals surface area contributed by atoms with Gasteiger partial charge in [0, 0.05) is 6.26 Å². The quantitative estimate of drug-likeness (QED) is 0.657. The van der Waals surface area contributed by atoms with E-state index < -0.39 is 10.6 Å². The summed E-state index contributed by atoms with van der Waals surface area (Å²) in [4.78, 5) is 0. The van der Waals surface area contributed by atoms with Crippen LogP contribution < -0.4 is 4.72 Å². The zero-order chi connectivity index (χ0) is 8.36. The van der Waals surface area contributed by atoms with Crippen molar-refractivity contribution in [2.75, 3.05) is 41.5 Å². The molecule has 0 rings (SSSR count). The third-order valence-corrected chi connectivity index (χ3v) is 5.43. The fraction of sp³-hybridized carbons (Fsp3) is 1.00. The summed E-state index contributed by atoms with van der Waals surface area (Å²) in [5, 5.41) is 0. The second kappa shape index (κ2) is 3.57. The zero-order valence-electron chi connectivity index (χ0n) is 7.80. The molecule has 10 heavy (non-hydrogen) atoms. The second-order valence-electron chi connectivity index (χ2n) is 2.66. The van der Waals surface area contributed by atoms with E-state index in [1.54, 1.807) is 0 Å². The summed E-state index contributed by atoms with van der Waals surface area (Å²) in [6.45, 7) is 0. The number of hydrogen-bond donors (Lipinski definition) is 1. The van der Waals surface area contributed by atoms with E-state index in [4.69, 9.17) is 0 Å². The van der Waals surface area contributed by atoms with Crippen molar-refractivity contribution in [2.45, 2.75) is 0 Å². The van der Waals surface area contributed by atoms with Gasteiger partial charge in [-0.3, -0.25) is 13.3 Å². The number of rotatable bonds is 3. The molecule has 64 valence electrons. The first kappa shape index (κ1) is 10.2. The summed E-state index contributed by atoms with van der Waals surface area (Å²) in [6, 6.07) is 0. The minimum atomic E-state index is -0.894. The fourth-order valence-corrected chi connectivity index (χ4v) is 2.08. The van der Waals surface area contributed by atoms with Crippen LogP contribution in [-0.2, 0) is 0 Å². The number of nitrogens with one attached hydrogen (secondary N) is 1. The molecule has 0 amide bonds. The van der Waals surface area contributed by atoms with Gasteiger partial charge in [0.2, 0.25) is 0 Å². The molecule has 0 aliphatic heterocycles. The molecule has 0 saturated carbocycles. The van der Waals surface area contributed by atoms with Crippen molar-refractivity contribution in [3.63, 3.8) is 0 Å². The average molecular weight is 165 g/mol. The molecule has 0 fully saturated rings. The lowest BCUT2D eigenvalue weighted by Crippen LogP contribution is -2.38. The summed E-state index contributed by atoms with van der Waals surface area (Å²) >= 11 is 0. The van der Waals surface area contributed by atoms with Crippen LogP contribution in [0.25, 0.3) is 0 Å². The van der Waals surface area contributed by atoms with E-state index in [1.807, 2.05) is 7.05 Å². The third kappa shape index (κ3) is 1.85. The smallest absolute Gasteiger partial charge is 0.00311 e. The minimum Gasteiger partial charge on any atom is -0.261 e. The minimum absolute atomic E-state index is 0.894. The van der Waals surface area contributed by atoms with E-state index in [1.165, 1.54) is 0 Å². The zero-order valence-corrected chi connectivity index (χ0v) is 8.62. The normalized spacial score (nSPS) is 14.8. The Balaban J connectivity index is 4.23. The Morgan fingerprint density at radius 2 is 1.30 bits per heavy atom. The van der Waals surface area contributed by atoms with E-state index in [9.17, 15) is 0 Å². The van der Waals surface area contributed by atoms with Crippen molar-refractivity contribution >= 4 is 10.6 Å². The van der Waals surface area contributed by atoms with Crippen molar-refractivity contribution in [1.29, 1.82) is 0 Å². The van der Waals surface area contributed by atoms with Crippen LogP contribution in [0.4, 0.5) is 0 Å². The van der Waals surface area contributed by atoms with E-state index in [0.717, 1.165) is 0 Å². The Morgan fingerprint density at radius 3 is 1.30 bits per heavy atom. The van der Waals surface area contributed by atoms with Crippen molar-refractivity contribution in [3.05, 3.63) is 0 Å². The van der Waals surface area contributed by atoms with E-state index in [0.29, 0.717) is 0 Å². The van der Waals surface area contributed by atoms with Crippen LogP contribution in [0.3, 0.4) is 0 Å². The molecule has 0 heterocycles. The molecule has 1 N–H and O–H groups in total. The van der Waals surface area contributed by atoms with Crippen LogP contribution >= 0.6 is 10.6 Å². The van der Waals surface area contributed by atoms with Crippen LogP contribution in [-0.4, -0.2) is 50.1 Å². The Hall–Kier alpha value is 0.230. The Morgan fingerprint density at radius 1 is 1.00 bits per heavy atom. The molecule has 0 aliphatic carbocycles. The fourth-order valence-electron chi connectivity index (χ4n) is 0.692. The number of nitrogens with zero attached hydrogens (tertiary/aromatic N) is 2. The second-order valence-corrected chi connectivity index (χ2v) is 6.20. The van der Waals surface area contributed by atoms with Gasteiger partial charge in [0.1, 0.15) is 0 Å². The molecule has 0 bridgehead atoms. The first-order valence-electron chi connectivity index (χ1n) is 3.27. The summed E-state index contributed by atoms with van der Waals surface area (Å²) in [5.41, 5.74) is 0. The molecule has 0 aromatic carbocycles. The predicted molar refractivity (Wildman–Crippen MR) is 49.9 cm³/mol. The van der Waals surface area contributed by atoms with Crippen molar-refractivity contribution in [2.24, 2.45) is 0 Å². The van der Waals surface area contributed by atoms with Crippen LogP contribution in [0, 0.1) is 0 Å². The van der Waals surface area contributed by atoms with Gasteiger partial charge in [-0.15, -0.1) is 0 Å². The maximum Gasteiger partial charge on any atom is 0.00311 e. The van der Waals surface area contributed by atoms with E-state index >= 15 is 0 Å². The molecule has 0 aromatic rings. The van der Waals surface area contributed by atoms with Gasteiger partial charge in [-0.1, -0.05) is 10.6 Å². The van der Waals surface area contributed by atoms with Crippen molar-refractivity contribution in [1.82, 2.24) is 13.3 Å². The van der Waals surface area contributed by atoms with Gasteiger partial charge in [-0.25, -0.2) is 0 Å². The summed E-state index contributed by atoms with van der Waals surface area (Å²) in [6.07, 6.45) is 2.22. The molecule has 4 heteroatoms. The highest BCUT2D eigenvalue weighted by atomic mass is 32.3. The van der Waals surface area contributed by atoms with Crippen LogP contribution in [0.2, 0.25) is 0 Å². The van der Waals surface area contributed by atoms with Gasteiger partial charge in [-0.05, 0) is 35.2 Å². The Labute approximate surface area is 66.1 Å². The maximum atomic E-state index is 3.31. The van der Waals surface area contributed by atoms with Crippen LogP contribution in [0.5, 0.6) is 0 Å². The first-order valence-corrected chi connectivity index (χ1v) is 5.22. The van der Waals surface area contributed by atoms with Gasteiger partial charge in [-0.2, -0.15) is 0 Å². The number of hydrogen-bond acceptors (Lipinski definition) is 3. The summed E-state index contributed by atoms with van der Waals surface area (Å²) in [7, 11) is 9.46. The molecule has 0 unspecified atom stereocenters. The van der Waals surface area contributed by atoms with Crippen LogP contribution in [0.1, 0.15) is 0 Å². The van der Waals surface area contributed by atoms with Gasteiger partial charge < -0.3 is 0 Å². The van der Waals surface area contributed by atoms with Gasteiger partial charge in [0.15, 0.2) is 0 Å². The molecule has 0 spiro atoms. The Kier molecular flexibility index (Phi) is 3.65. The summed E-state index contributed by atoms with van der Waals surface area (Å²) < 4.78 is 7.74. The SMILES string of the molecule is CNS(C)(N(C)C)N(C)C. The first-order chi connectivity index (χ1) is 4.45. The lowest BCUT2D eigenvalue weighted by atomic mass is 11.3. The molecule has 0 saturated heterocycles. The van der Waals surface area contributed by atoms with Gasteiger partial charge >= 0.3 is 0 Å². The topological polar surface area (TPSA) is 18.5 Å². The molecular formula is C6H19N3S. The van der Waals surface area contributed by atoms with E-state index in [2.05, 4.69) is 47.8 Å². The molecule has 0 aliphatic rings. The van der Waals surface area contributed by atoms with E-state index in [-0.39, 0.29) is 0 Å². The standard InChI is InChI=1S/C6H19N3S/c1-7-10(6,8(2)3)9(4)5/h7H,1-6H3. The summed E-state index contributed by atoms with van der Waals surface area (Å²) in [5.74, 6) is 0. The van der Waals surface area contributed by atoms with Crippen LogP contribution in [0.15, 0.2) is 0 Å². The van der Waals surface area contributed by atoms with Crippen molar-refractivity contribution < 1.29 is 0 Å². The molecule has 0 aromatic heterocycles. The predicted octanol–water partition coefficient (Wildman–Crippen LogP) is 0.508. The molecule has 0 atom stereocenters. The lowest BCUT2D eigenvalue weighted by molar-refractivity contribution is 0.572. The highest BCUT2D eigenvalue weighted by Gasteiger charge is 2.19. The largest absolute Gasteiger partial charge is 0.261 e. The highest BCUT2D eigenvalue weighted by molar-refractivity contribution is 8.27. The third-order valence-electron chi connectivity index (χ3n) is 1.81. The molecule has 0 radical (unpaired) electrons. The van der Waals surface area contributed by atoms with Crippen molar-refractivity contribution in [3.8, 4) is 0 Å². The Bertz CT molecular complexity index is 95.2. The molecular weight excluding hydrogens is 146 g/mol. The van der Waals surface area contributed by atoms with Gasteiger partial charge in [0.25, 0.3) is 0 Å². The maximum absolute atomic E-state index is 3.31. The average Bonchev–Trinajstić information content (AvgIpc) is 1.85. The molecule has 3 nitrogen and oxygen atoms in total. The monoisotopic (exact) mass is 165 g/mol. The lowest BCUT2D eigenvalue weighted by Gasteiger charge is -2.46.